The minimum Gasteiger partial charge on any atom is -0.493 e. The van der Waals surface area contributed by atoms with Crippen LogP contribution in [0.15, 0.2) is 42.5 Å². The maximum Gasteiger partial charge on any atom is 0.349 e. The van der Waals surface area contributed by atoms with Crippen LogP contribution in [0.4, 0.5) is 5.69 Å². The number of hydrogen-bond donors (Lipinski definition) is 1. The van der Waals surface area contributed by atoms with Crippen LogP contribution in [0.1, 0.15) is 17.5 Å². The van der Waals surface area contributed by atoms with Gasteiger partial charge in [0, 0.05) is 18.2 Å². The molecule has 1 heterocycles. The molecule has 1 amide bonds. The summed E-state index contributed by atoms with van der Waals surface area (Å²) in [6.07, 6.45) is 3.87. The van der Waals surface area contributed by atoms with Gasteiger partial charge in [-0.2, -0.15) is 0 Å². The third-order valence-electron chi connectivity index (χ3n) is 4.35. The summed E-state index contributed by atoms with van der Waals surface area (Å²) in [7, 11) is 2.74. The zero-order valence-corrected chi connectivity index (χ0v) is 16.6. The van der Waals surface area contributed by atoms with Crippen molar-refractivity contribution in [2.45, 2.75) is 12.8 Å². The van der Waals surface area contributed by atoms with Crippen molar-refractivity contribution in [1.29, 1.82) is 0 Å². The molecule has 8 heteroatoms. The zero-order chi connectivity index (χ0) is 21.5. The Morgan fingerprint density at radius 1 is 1.07 bits per heavy atom. The van der Waals surface area contributed by atoms with Gasteiger partial charge < -0.3 is 24.3 Å². The molecule has 1 N–H and O–H groups in total. The van der Waals surface area contributed by atoms with Gasteiger partial charge in [0.25, 0.3) is 0 Å². The van der Waals surface area contributed by atoms with Gasteiger partial charge >= 0.3 is 11.9 Å². The summed E-state index contributed by atoms with van der Waals surface area (Å²) in [6, 6.07) is 10.1. The number of esters is 2. The second-order valence-corrected chi connectivity index (χ2v) is 6.40. The molecule has 3 rings (SSSR count). The van der Waals surface area contributed by atoms with Crippen molar-refractivity contribution >= 4 is 29.6 Å². The Labute approximate surface area is 173 Å². The minimum absolute atomic E-state index is 0.0134. The molecule has 0 radical (unpaired) electrons. The molecule has 2 aromatic rings. The Hall–Kier alpha value is -3.81. The average Bonchev–Trinajstić information content (AvgIpc) is 2.76. The van der Waals surface area contributed by atoms with Gasteiger partial charge in [-0.25, -0.2) is 9.59 Å². The van der Waals surface area contributed by atoms with Gasteiger partial charge in [-0.3, -0.25) is 4.79 Å². The number of ether oxygens (including phenoxy) is 4. The monoisotopic (exact) mass is 411 g/mol. The molecule has 0 aliphatic carbocycles. The fourth-order valence-electron chi connectivity index (χ4n) is 2.85. The molecule has 0 bridgehead atoms. The van der Waals surface area contributed by atoms with Crippen molar-refractivity contribution in [2.75, 3.05) is 26.1 Å². The number of fused-ring (bicyclic) bond motifs is 1. The Kier molecular flexibility index (Phi) is 6.69. The normalized spacial score (nSPS) is 12.7. The number of carbonyl (C=O) groups is 3. The van der Waals surface area contributed by atoms with Crippen LogP contribution in [0.25, 0.3) is 6.08 Å². The molecule has 0 saturated heterocycles. The molecule has 0 fully saturated rings. The predicted octanol–water partition coefficient (Wildman–Crippen LogP) is 2.75. The SMILES string of the molecule is COC(=O)/C=C/c1ccc(OC(=O)COc2ccc3c(c2)CCC(=O)N3)c(OC)c1. The van der Waals surface area contributed by atoms with E-state index in [1.165, 1.54) is 20.3 Å². The van der Waals surface area contributed by atoms with Crippen LogP contribution in [-0.4, -0.2) is 38.7 Å². The van der Waals surface area contributed by atoms with Gasteiger partial charge in [0.2, 0.25) is 5.91 Å². The Balaban J connectivity index is 1.60. The van der Waals surface area contributed by atoms with Gasteiger partial charge in [0.05, 0.1) is 14.2 Å². The average molecular weight is 411 g/mol. The number of aryl methyl sites for hydroxylation is 1. The van der Waals surface area contributed by atoms with E-state index in [2.05, 4.69) is 10.1 Å². The van der Waals surface area contributed by atoms with Crippen LogP contribution >= 0.6 is 0 Å². The number of nitrogens with one attached hydrogen (secondary N) is 1. The topological polar surface area (TPSA) is 100 Å². The number of anilines is 1. The quantitative estimate of drug-likeness (QED) is 0.425. The summed E-state index contributed by atoms with van der Waals surface area (Å²) in [6.45, 7) is -0.293. The van der Waals surface area contributed by atoms with Crippen molar-refractivity contribution in [3.63, 3.8) is 0 Å². The summed E-state index contributed by atoms with van der Waals surface area (Å²) < 4.78 is 20.6. The van der Waals surface area contributed by atoms with E-state index in [1.807, 2.05) is 0 Å². The number of methoxy groups -OCH3 is 2. The maximum atomic E-state index is 12.2. The molecule has 0 spiro atoms. The molecule has 156 valence electrons. The summed E-state index contributed by atoms with van der Waals surface area (Å²) in [4.78, 5) is 34.8. The highest BCUT2D eigenvalue weighted by atomic mass is 16.6. The van der Waals surface area contributed by atoms with Crippen LogP contribution in [-0.2, 0) is 25.5 Å². The smallest absolute Gasteiger partial charge is 0.349 e. The van der Waals surface area contributed by atoms with Gasteiger partial charge in [0.15, 0.2) is 18.1 Å². The second kappa shape index (κ2) is 9.60. The number of benzene rings is 2. The van der Waals surface area contributed by atoms with Gasteiger partial charge in [-0.15, -0.1) is 0 Å². The van der Waals surface area contributed by atoms with E-state index in [0.29, 0.717) is 29.9 Å². The van der Waals surface area contributed by atoms with Gasteiger partial charge in [-0.1, -0.05) is 6.07 Å². The lowest BCUT2D eigenvalue weighted by atomic mass is 10.0. The lowest BCUT2D eigenvalue weighted by Crippen LogP contribution is -2.20. The number of amides is 1. The van der Waals surface area contributed by atoms with E-state index in [9.17, 15) is 14.4 Å². The lowest BCUT2D eigenvalue weighted by Gasteiger charge is -2.17. The van der Waals surface area contributed by atoms with E-state index < -0.39 is 11.9 Å². The third kappa shape index (κ3) is 5.38. The highest BCUT2D eigenvalue weighted by Crippen LogP contribution is 2.29. The third-order valence-corrected chi connectivity index (χ3v) is 4.35. The van der Waals surface area contributed by atoms with E-state index >= 15 is 0 Å². The molecule has 0 saturated carbocycles. The van der Waals surface area contributed by atoms with Crippen molar-refractivity contribution in [1.82, 2.24) is 0 Å². The zero-order valence-electron chi connectivity index (χ0n) is 16.6. The molecule has 0 unspecified atom stereocenters. The first-order valence-electron chi connectivity index (χ1n) is 9.19. The number of carbonyl (C=O) groups excluding carboxylic acids is 3. The summed E-state index contributed by atoms with van der Waals surface area (Å²) in [5, 5.41) is 2.79. The Bertz CT molecular complexity index is 997. The van der Waals surface area contributed by atoms with Gasteiger partial charge in [-0.05, 0) is 54.0 Å². The maximum absolute atomic E-state index is 12.2. The molecule has 1 aliphatic rings. The number of rotatable bonds is 7. The summed E-state index contributed by atoms with van der Waals surface area (Å²) in [5.74, 6) is -0.0182. The minimum atomic E-state index is -0.600. The second-order valence-electron chi connectivity index (χ2n) is 6.40. The van der Waals surface area contributed by atoms with Crippen LogP contribution < -0.4 is 19.5 Å². The molecule has 2 aromatic carbocycles. The largest absolute Gasteiger partial charge is 0.493 e. The fraction of sp³-hybridized carbons (Fsp3) is 0.227. The molecular formula is C22H21NO7. The first-order chi connectivity index (χ1) is 14.5. The van der Waals surface area contributed by atoms with Crippen LogP contribution in [0.3, 0.4) is 0 Å². The van der Waals surface area contributed by atoms with Crippen molar-refractivity contribution in [3.8, 4) is 17.2 Å². The highest BCUT2D eigenvalue weighted by Gasteiger charge is 2.16. The lowest BCUT2D eigenvalue weighted by molar-refractivity contribution is -0.137. The summed E-state index contributed by atoms with van der Waals surface area (Å²) in [5.41, 5.74) is 2.39. The Morgan fingerprint density at radius 3 is 2.67 bits per heavy atom. The van der Waals surface area contributed by atoms with Crippen molar-refractivity contribution < 1.29 is 33.3 Å². The summed E-state index contributed by atoms with van der Waals surface area (Å²) >= 11 is 0. The van der Waals surface area contributed by atoms with E-state index in [1.54, 1.807) is 42.5 Å². The van der Waals surface area contributed by atoms with Gasteiger partial charge in [0.1, 0.15) is 5.75 Å². The van der Waals surface area contributed by atoms with Crippen LogP contribution in [0, 0.1) is 0 Å². The van der Waals surface area contributed by atoms with E-state index in [4.69, 9.17) is 14.2 Å². The highest BCUT2D eigenvalue weighted by molar-refractivity contribution is 5.94. The molecule has 0 aromatic heterocycles. The predicted molar refractivity (Wildman–Crippen MR) is 109 cm³/mol. The van der Waals surface area contributed by atoms with Crippen LogP contribution in [0.5, 0.6) is 17.2 Å². The van der Waals surface area contributed by atoms with Crippen LogP contribution in [0.2, 0.25) is 0 Å². The molecular weight excluding hydrogens is 390 g/mol. The molecule has 30 heavy (non-hydrogen) atoms. The van der Waals surface area contributed by atoms with E-state index in [0.717, 1.165) is 11.3 Å². The fourth-order valence-corrected chi connectivity index (χ4v) is 2.85. The first kappa shape index (κ1) is 20.9. The molecule has 1 aliphatic heterocycles. The molecule has 8 nitrogen and oxygen atoms in total. The van der Waals surface area contributed by atoms with Crippen molar-refractivity contribution in [3.05, 3.63) is 53.6 Å². The molecule has 0 atom stereocenters. The van der Waals surface area contributed by atoms with E-state index in [-0.39, 0.29) is 18.3 Å². The standard InChI is InChI=1S/C22H21NO7/c1-27-19-11-14(4-10-21(25)28-2)3-8-18(19)30-22(26)13-29-16-6-7-17-15(12-16)5-9-20(24)23-17/h3-4,6-8,10-12H,5,9,13H2,1-2H3,(H,23,24)/b10-4+. The Morgan fingerprint density at radius 2 is 1.90 bits per heavy atom. The number of hydrogen-bond acceptors (Lipinski definition) is 7. The van der Waals surface area contributed by atoms with Crippen molar-refractivity contribution in [2.24, 2.45) is 0 Å². The first-order valence-corrected chi connectivity index (χ1v) is 9.19.